The summed E-state index contributed by atoms with van der Waals surface area (Å²) in [5.74, 6) is -16.7. The minimum absolute atomic E-state index is 0.00510. The van der Waals surface area contributed by atoms with Crippen LogP contribution in [0, 0.1) is 23.7 Å². The van der Waals surface area contributed by atoms with Crippen LogP contribution in [0.1, 0.15) is 170 Å². The molecule has 1 fully saturated rings. The summed E-state index contributed by atoms with van der Waals surface area (Å²) in [5.41, 5.74) is 35.7. The minimum atomic E-state index is -1.73. The molecule has 26 N–H and O–H groups in total. The molecule has 0 spiro atoms. The molecule has 1 aliphatic heterocycles. The molecular formula is C77H122N20O17. The van der Waals surface area contributed by atoms with E-state index < -0.39 is 204 Å². The Balaban J connectivity index is 1.67. The normalized spacial score (nSPS) is 16.1. The van der Waals surface area contributed by atoms with Crippen LogP contribution in [0.2, 0.25) is 0 Å². The van der Waals surface area contributed by atoms with Crippen molar-refractivity contribution in [2.75, 3.05) is 26.2 Å². The van der Waals surface area contributed by atoms with Crippen molar-refractivity contribution in [3.8, 4) is 0 Å². The first-order valence-corrected chi connectivity index (χ1v) is 39.1. The lowest BCUT2D eigenvalue weighted by molar-refractivity contribution is -0.149. The van der Waals surface area contributed by atoms with Crippen LogP contribution < -0.4 is 92.9 Å². The zero-order valence-corrected chi connectivity index (χ0v) is 66.8. The molecule has 37 nitrogen and oxygen atoms in total. The molecule has 37 heteroatoms. The molecule has 4 rings (SSSR count). The van der Waals surface area contributed by atoms with Crippen molar-refractivity contribution in [1.82, 2.24) is 68.4 Å². The van der Waals surface area contributed by atoms with Crippen LogP contribution in [0.5, 0.6) is 0 Å². The topological polar surface area (TPSA) is 616 Å². The summed E-state index contributed by atoms with van der Waals surface area (Å²) in [5, 5.41) is 49.9. The number of unbranched alkanes of at least 4 members (excludes halogenated alkanes) is 2. The summed E-state index contributed by atoms with van der Waals surface area (Å²) in [7, 11) is 0. The van der Waals surface area contributed by atoms with Crippen molar-refractivity contribution in [3.63, 3.8) is 0 Å². The highest BCUT2D eigenvalue weighted by molar-refractivity contribution is 6.01. The van der Waals surface area contributed by atoms with Gasteiger partial charge in [0, 0.05) is 49.5 Å². The maximum atomic E-state index is 15.1. The number of hydrogen-bond acceptors (Lipinski definition) is 19. The second-order valence-corrected chi connectivity index (χ2v) is 30.1. The summed E-state index contributed by atoms with van der Waals surface area (Å²) in [6.07, 6.45) is 1.89. The Labute approximate surface area is 664 Å². The largest absolute Gasteiger partial charge is 0.481 e. The number of amides is 13. The van der Waals surface area contributed by atoms with Crippen molar-refractivity contribution < 1.29 is 82.1 Å². The Morgan fingerprint density at radius 3 is 1.49 bits per heavy atom. The van der Waals surface area contributed by atoms with Gasteiger partial charge in [0.15, 0.2) is 5.96 Å². The molecule has 632 valence electrons. The number of aliphatic carboxylic acids is 2. The molecule has 2 heterocycles. The van der Waals surface area contributed by atoms with E-state index in [1.807, 2.05) is 0 Å². The van der Waals surface area contributed by atoms with Crippen LogP contribution in [0.15, 0.2) is 65.8 Å². The lowest BCUT2D eigenvalue weighted by atomic mass is 9.95. The van der Waals surface area contributed by atoms with Crippen molar-refractivity contribution in [3.05, 3.63) is 71.9 Å². The zero-order chi connectivity index (χ0) is 85.1. The van der Waals surface area contributed by atoms with Gasteiger partial charge >= 0.3 is 11.9 Å². The van der Waals surface area contributed by atoms with Crippen molar-refractivity contribution >= 4 is 106 Å². The number of nitrogens with one attached hydrogen (secondary N) is 12. The Hall–Kier alpha value is -10.8. The second kappa shape index (κ2) is 48.3. The van der Waals surface area contributed by atoms with Crippen LogP contribution >= 0.6 is 0 Å². The first-order valence-electron chi connectivity index (χ1n) is 39.1. The number of primary amides is 1. The predicted molar refractivity (Wildman–Crippen MR) is 424 cm³/mol. The third-order valence-corrected chi connectivity index (χ3v) is 19.5. The minimum Gasteiger partial charge on any atom is -0.481 e. The van der Waals surface area contributed by atoms with Crippen LogP contribution in [0.3, 0.4) is 0 Å². The highest BCUT2D eigenvalue weighted by Crippen LogP contribution is 2.23. The standard InChI is InChI=1S/C77H122N20O17/c1-10-44(8)63(74(111)95-62(43(6)7)72(109)88-51(28-20-34-84-77(82)83)65(102)86-50(26-16-18-32-78)66(103)89-53(27-17-19-33-79)75(112)97-35-21-29-58(97)76(113)114)96-67(104)52(30-31-60(99)100)87-69(106)56(38-47-40-85-49-25-15-14-24-48(47)49)93-73(110)61(42(4)5)94-71(108)54(36-41(2)3)91-68(105)55(37-46-22-12-11-13-23-46)92-70(107)57(39-59(81)98)90-64(101)45(9)80/h11-15,22-25,40-45,50-58,61-63,85H,10,16-21,26-39,78-80H2,1-9H3,(H2,81,98)(H,86,102)(H,87,106)(H,88,109)(H,89,103)(H,90,101)(H,91,105)(H,92,107)(H,93,110)(H,94,108)(H,95,111)(H,96,104)(H,99,100)(H,113,114)(H4,82,83,84). The number of carboxylic acids is 2. The predicted octanol–water partition coefficient (Wildman–Crippen LogP) is -1.84. The van der Waals surface area contributed by atoms with Gasteiger partial charge in [-0.25, -0.2) is 4.79 Å². The van der Waals surface area contributed by atoms with Gasteiger partial charge in [0.1, 0.15) is 72.5 Å². The fraction of sp³-hybridized carbons (Fsp3) is 0.610. The molecule has 1 aromatic heterocycles. The highest BCUT2D eigenvalue weighted by Gasteiger charge is 2.42. The van der Waals surface area contributed by atoms with E-state index in [-0.39, 0.29) is 95.8 Å². The highest BCUT2D eigenvalue weighted by atomic mass is 16.4. The smallest absolute Gasteiger partial charge is 0.326 e. The molecule has 114 heavy (non-hydrogen) atoms. The molecule has 0 saturated carbocycles. The van der Waals surface area contributed by atoms with E-state index in [2.05, 4.69) is 68.5 Å². The third kappa shape index (κ3) is 31.6. The molecule has 0 radical (unpaired) electrons. The number of fused-ring (bicyclic) bond motifs is 1. The fourth-order valence-electron chi connectivity index (χ4n) is 12.9. The lowest BCUT2D eigenvalue weighted by Crippen LogP contribution is -2.62. The molecule has 14 atom stereocenters. The summed E-state index contributed by atoms with van der Waals surface area (Å²) >= 11 is 0. The van der Waals surface area contributed by atoms with E-state index in [1.165, 1.54) is 11.8 Å². The monoisotopic (exact) mass is 1600 g/mol. The van der Waals surface area contributed by atoms with Gasteiger partial charge in [0.05, 0.1) is 12.5 Å². The van der Waals surface area contributed by atoms with Gasteiger partial charge in [-0.3, -0.25) is 72.1 Å². The summed E-state index contributed by atoms with van der Waals surface area (Å²) in [6, 6.07) is -2.67. The van der Waals surface area contributed by atoms with E-state index in [1.54, 1.807) is 116 Å². The third-order valence-electron chi connectivity index (χ3n) is 19.5. The van der Waals surface area contributed by atoms with Gasteiger partial charge in [0.2, 0.25) is 76.8 Å². The number of carboxylic acid groups (broad SMARTS) is 2. The zero-order valence-electron chi connectivity index (χ0n) is 66.8. The van der Waals surface area contributed by atoms with Gasteiger partial charge in [-0.1, -0.05) is 110 Å². The van der Waals surface area contributed by atoms with Crippen LogP contribution in [-0.2, 0) is 84.8 Å². The number of H-pyrrole nitrogens is 1. The molecule has 1 saturated heterocycles. The Bertz CT molecular complexity index is 3780. The van der Waals surface area contributed by atoms with Gasteiger partial charge < -0.3 is 113 Å². The molecule has 2 aromatic carbocycles. The summed E-state index contributed by atoms with van der Waals surface area (Å²) in [4.78, 5) is 218. The first-order chi connectivity index (χ1) is 53.9. The van der Waals surface area contributed by atoms with Crippen LogP contribution in [0.25, 0.3) is 10.9 Å². The number of aliphatic imine (C=N–C) groups is 1. The number of carbonyl (C=O) groups excluding carboxylic acids is 13. The van der Waals surface area contributed by atoms with E-state index in [9.17, 15) is 77.3 Å². The lowest BCUT2D eigenvalue weighted by Gasteiger charge is -2.31. The van der Waals surface area contributed by atoms with Crippen molar-refractivity contribution in [1.29, 1.82) is 0 Å². The average molecular weight is 1600 g/mol. The van der Waals surface area contributed by atoms with Crippen LogP contribution in [0.4, 0.5) is 0 Å². The van der Waals surface area contributed by atoms with E-state index in [0.717, 1.165) is 0 Å². The maximum absolute atomic E-state index is 15.1. The number of nitrogens with two attached hydrogens (primary N) is 6. The van der Waals surface area contributed by atoms with Gasteiger partial charge in [-0.05, 0) is 138 Å². The Morgan fingerprint density at radius 2 is 0.956 bits per heavy atom. The first kappa shape index (κ1) is 95.6. The van der Waals surface area contributed by atoms with E-state index in [0.29, 0.717) is 54.1 Å². The Kier molecular flexibility index (Phi) is 40.5. The number of rotatable bonds is 51. The van der Waals surface area contributed by atoms with E-state index in [4.69, 9.17) is 34.4 Å². The van der Waals surface area contributed by atoms with Crippen LogP contribution in [-0.4, -0.2) is 220 Å². The van der Waals surface area contributed by atoms with Crippen molar-refractivity contribution in [2.24, 2.45) is 63.1 Å². The number of hydrogen-bond donors (Lipinski definition) is 20. The number of benzene rings is 2. The number of guanidine groups is 1. The second-order valence-electron chi connectivity index (χ2n) is 30.1. The molecule has 3 aromatic rings. The fourth-order valence-corrected chi connectivity index (χ4v) is 12.9. The number of aromatic amines is 1. The number of carbonyl (C=O) groups is 15. The molecule has 13 amide bonds. The molecule has 0 bridgehead atoms. The molecule has 0 aliphatic carbocycles. The van der Waals surface area contributed by atoms with Gasteiger partial charge in [-0.15, -0.1) is 0 Å². The van der Waals surface area contributed by atoms with Gasteiger partial charge in [0.25, 0.3) is 0 Å². The summed E-state index contributed by atoms with van der Waals surface area (Å²) < 4.78 is 0. The number of para-hydroxylation sites is 1. The number of likely N-dealkylation sites (tertiary alicyclic amines) is 1. The quantitative estimate of drug-likeness (QED) is 0.0168. The number of nitrogens with zero attached hydrogens (tertiary/aromatic N) is 2. The average Bonchev–Trinajstić information content (AvgIpc) is 1.59. The molecule has 14 unspecified atom stereocenters. The number of aromatic nitrogens is 1. The molecular weight excluding hydrogens is 1480 g/mol. The Morgan fingerprint density at radius 1 is 0.509 bits per heavy atom. The van der Waals surface area contributed by atoms with Gasteiger partial charge in [-0.2, -0.15) is 0 Å². The summed E-state index contributed by atoms with van der Waals surface area (Å²) in [6.45, 7) is 15.3. The van der Waals surface area contributed by atoms with Crippen molar-refractivity contribution in [2.45, 2.75) is 250 Å². The maximum Gasteiger partial charge on any atom is 0.326 e. The molecule has 1 aliphatic rings. The SMILES string of the molecule is CCC(C)C(NC(=O)C(CCC(=O)O)NC(=O)C(Cc1c[nH]c2ccccc12)NC(=O)C(NC(=O)C(CC(C)C)NC(=O)C(Cc1ccccc1)NC(=O)C(CC(N)=O)NC(=O)C(C)N)C(C)C)C(=O)NC(C(=O)NC(CCCN=C(N)N)C(=O)NC(CCCCN)C(=O)NC(CCCCN)C(=O)N1CCCC1C(=O)O)C(C)C. The van der Waals surface area contributed by atoms with E-state index >= 15 is 4.79 Å².